The molecule has 0 spiro atoms. The van der Waals surface area contributed by atoms with Crippen LogP contribution in [0.2, 0.25) is 0 Å². The molecule has 96 valence electrons. The van der Waals surface area contributed by atoms with Gasteiger partial charge in [-0.2, -0.15) is 4.98 Å². The highest BCUT2D eigenvalue weighted by Crippen LogP contribution is 2.26. The standard InChI is InChI=1S/C12H21N3O2/c1-10-14-11(15-17-10)8-13-9-12(16)6-4-2-3-5-7-12/h13,16H,2-9H2,1H3. The number of aromatic nitrogens is 2. The maximum absolute atomic E-state index is 10.4. The van der Waals surface area contributed by atoms with E-state index in [-0.39, 0.29) is 0 Å². The molecule has 1 aromatic rings. The number of rotatable bonds is 4. The molecule has 0 bridgehead atoms. The van der Waals surface area contributed by atoms with E-state index >= 15 is 0 Å². The van der Waals surface area contributed by atoms with Crippen LogP contribution in [0.1, 0.15) is 50.2 Å². The van der Waals surface area contributed by atoms with Crippen molar-refractivity contribution in [2.45, 2.75) is 57.6 Å². The molecule has 0 aliphatic heterocycles. The van der Waals surface area contributed by atoms with E-state index in [4.69, 9.17) is 4.52 Å². The van der Waals surface area contributed by atoms with Gasteiger partial charge in [-0.1, -0.05) is 30.8 Å². The third kappa shape index (κ3) is 3.78. The maximum atomic E-state index is 10.4. The first-order chi connectivity index (χ1) is 8.18. The lowest BCUT2D eigenvalue weighted by Gasteiger charge is -2.26. The van der Waals surface area contributed by atoms with E-state index in [9.17, 15) is 5.11 Å². The van der Waals surface area contributed by atoms with Crippen LogP contribution in [0.5, 0.6) is 0 Å². The minimum Gasteiger partial charge on any atom is -0.389 e. The van der Waals surface area contributed by atoms with Crippen LogP contribution in [0.25, 0.3) is 0 Å². The molecule has 2 N–H and O–H groups in total. The molecule has 17 heavy (non-hydrogen) atoms. The Morgan fingerprint density at radius 1 is 1.29 bits per heavy atom. The zero-order chi connectivity index (χ0) is 12.1. The summed E-state index contributed by atoms with van der Waals surface area (Å²) in [6.45, 7) is 2.94. The fraction of sp³-hybridized carbons (Fsp3) is 0.833. The van der Waals surface area contributed by atoms with Crippen molar-refractivity contribution in [3.05, 3.63) is 11.7 Å². The fourth-order valence-corrected chi connectivity index (χ4v) is 2.38. The lowest BCUT2D eigenvalue weighted by Crippen LogP contribution is -2.40. The molecule has 0 amide bonds. The first-order valence-corrected chi connectivity index (χ1v) is 6.40. The van der Waals surface area contributed by atoms with Crippen molar-refractivity contribution in [2.24, 2.45) is 0 Å². The summed E-state index contributed by atoms with van der Waals surface area (Å²) in [5.41, 5.74) is -0.546. The SMILES string of the molecule is Cc1nc(CNCC2(O)CCCCCC2)no1. The number of hydrogen-bond acceptors (Lipinski definition) is 5. The summed E-state index contributed by atoms with van der Waals surface area (Å²) in [5, 5.41) is 17.4. The molecule has 0 radical (unpaired) electrons. The van der Waals surface area contributed by atoms with E-state index < -0.39 is 5.60 Å². The van der Waals surface area contributed by atoms with Crippen molar-refractivity contribution in [2.75, 3.05) is 6.54 Å². The molecule has 1 aliphatic rings. The minimum absolute atomic E-state index is 0.546. The monoisotopic (exact) mass is 239 g/mol. The molecule has 1 saturated carbocycles. The topological polar surface area (TPSA) is 71.2 Å². The molecule has 1 fully saturated rings. The lowest BCUT2D eigenvalue weighted by molar-refractivity contribution is 0.0248. The second-order valence-electron chi connectivity index (χ2n) is 4.97. The van der Waals surface area contributed by atoms with E-state index in [2.05, 4.69) is 15.5 Å². The van der Waals surface area contributed by atoms with E-state index in [0.717, 1.165) is 25.7 Å². The lowest BCUT2D eigenvalue weighted by atomic mass is 9.94. The summed E-state index contributed by atoms with van der Waals surface area (Å²) < 4.78 is 4.89. The second kappa shape index (κ2) is 5.60. The van der Waals surface area contributed by atoms with Gasteiger partial charge in [0.15, 0.2) is 5.82 Å². The first kappa shape index (κ1) is 12.5. The molecule has 5 heteroatoms. The van der Waals surface area contributed by atoms with Crippen LogP contribution in [-0.4, -0.2) is 27.4 Å². The fourth-order valence-electron chi connectivity index (χ4n) is 2.38. The Hall–Kier alpha value is -0.940. The van der Waals surface area contributed by atoms with Crippen molar-refractivity contribution in [1.82, 2.24) is 15.5 Å². The minimum atomic E-state index is -0.546. The predicted octanol–water partition coefficient (Wildman–Crippen LogP) is 1.55. The van der Waals surface area contributed by atoms with Gasteiger partial charge in [0, 0.05) is 13.5 Å². The van der Waals surface area contributed by atoms with Crippen LogP contribution >= 0.6 is 0 Å². The van der Waals surface area contributed by atoms with Gasteiger partial charge in [-0.3, -0.25) is 0 Å². The van der Waals surface area contributed by atoms with Crippen LogP contribution in [-0.2, 0) is 6.54 Å². The average Bonchev–Trinajstić information content (AvgIpc) is 2.58. The molecule has 1 heterocycles. The van der Waals surface area contributed by atoms with E-state index in [1.807, 2.05) is 0 Å². The molecule has 0 unspecified atom stereocenters. The molecule has 5 nitrogen and oxygen atoms in total. The van der Waals surface area contributed by atoms with E-state index in [1.165, 1.54) is 12.8 Å². The van der Waals surface area contributed by atoms with Gasteiger partial charge < -0.3 is 14.9 Å². The van der Waals surface area contributed by atoms with Crippen molar-refractivity contribution >= 4 is 0 Å². The van der Waals surface area contributed by atoms with Crippen LogP contribution < -0.4 is 5.32 Å². The highest BCUT2D eigenvalue weighted by Gasteiger charge is 2.27. The Morgan fingerprint density at radius 2 is 2.00 bits per heavy atom. The number of nitrogens with zero attached hydrogens (tertiary/aromatic N) is 2. The largest absolute Gasteiger partial charge is 0.389 e. The number of hydrogen-bond donors (Lipinski definition) is 2. The van der Waals surface area contributed by atoms with Gasteiger partial charge in [-0.05, 0) is 12.8 Å². The Balaban J connectivity index is 1.76. The molecule has 0 atom stereocenters. The molecule has 1 aliphatic carbocycles. The van der Waals surface area contributed by atoms with Crippen LogP contribution in [0.15, 0.2) is 4.52 Å². The van der Waals surface area contributed by atoms with E-state index in [0.29, 0.717) is 24.8 Å². The quantitative estimate of drug-likeness (QED) is 0.780. The van der Waals surface area contributed by atoms with Gasteiger partial charge >= 0.3 is 0 Å². The molecule has 0 saturated heterocycles. The van der Waals surface area contributed by atoms with Crippen molar-refractivity contribution < 1.29 is 9.63 Å². The first-order valence-electron chi connectivity index (χ1n) is 6.40. The van der Waals surface area contributed by atoms with Gasteiger partial charge in [0.2, 0.25) is 5.89 Å². The third-order valence-electron chi connectivity index (χ3n) is 3.34. The van der Waals surface area contributed by atoms with Crippen molar-refractivity contribution in [1.29, 1.82) is 0 Å². The summed E-state index contributed by atoms with van der Waals surface area (Å²) in [5.74, 6) is 1.23. The Bertz CT molecular complexity index is 343. The Morgan fingerprint density at radius 3 is 2.59 bits per heavy atom. The number of nitrogens with one attached hydrogen (secondary N) is 1. The summed E-state index contributed by atoms with van der Waals surface area (Å²) in [4.78, 5) is 4.11. The van der Waals surface area contributed by atoms with Crippen molar-refractivity contribution in [3.8, 4) is 0 Å². The number of aliphatic hydroxyl groups is 1. The van der Waals surface area contributed by atoms with E-state index in [1.54, 1.807) is 6.92 Å². The summed E-state index contributed by atoms with van der Waals surface area (Å²) in [6, 6.07) is 0. The predicted molar refractivity (Wildman–Crippen MR) is 63.4 cm³/mol. The summed E-state index contributed by atoms with van der Waals surface area (Å²) in [6.07, 6.45) is 6.52. The Kier molecular flexibility index (Phi) is 4.12. The summed E-state index contributed by atoms with van der Waals surface area (Å²) >= 11 is 0. The smallest absolute Gasteiger partial charge is 0.223 e. The van der Waals surface area contributed by atoms with Crippen LogP contribution in [0, 0.1) is 6.92 Å². The van der Waals surface area contributed by atoms with Gasteiger partial charge in [0.1, 0.15) is 0 Å². The van der Waals surface area contributed by atoms with Crippen LogP contribution in [0.3, 0.4) is 0 Å². The molecule has 2 rings (SSSR count). The number of aryl methyl sites for hydroxylation is 1. The van der Waals surface area contributed by atoms with Crippen LogP contribution in [0.4, 0.5) is 0 Å². The zero-order valence-corrected chi connectivity index (χ0v) is 10.4. The third-order valence-corrected chi connectivity index (χ3v) is 3.34. The summed E-state index contributed by atoms with van der Waals surface area (Å²) in [7, 11) is 0. The van der Waals surface area contributed by atoms with Crippen molar-refractivity contribution in [3.63, 3.8) is 0 Å². The highest BCUT2D eigenvalue weighted by molar-refractivity contribution is 4.87. The molecular weight excluding hydrogens is 218 g/mol. The maximum Gasteiger partial charge on any atom is 0.223 e. The average molecular weight is 239 g/mol. The van der Waals surface area contributed by atoms with Gasteiger partial charge in [-0.25, -0.2) is 0 Å². The second-order valence-corrected chi connectivity index (χ2v) is 4.97. The zero-order valence-electron chi connectivity index (χ0n) is 10.4. The molecular formula is C12H21N3O2. The molecule has 0 aromatic carbocycles. The molecule has 1 aromatic heterocycles. The Labute approximate surface area is 102 Å². The van der Waals surface area contributed by atoms with Gasteiger partial charge in [0.25, 0.3) is 0 Å². The normalized spacial score (nSPS) is 20.1. The van der Waals surface area contributed by atoms with Gasteiger partial charge in [0.05, 0.1) is 12.1 Å². The highest BCUT2D eigenvalue weighted by atomic mass is 16.5. The van der Waals surface area contributed by atoms with Gasteiger partial charge in [-0.15, -0.1) is 0 Å².